The van der Waals surface area contributed by atoms with E-state index in [1.54, 1.807) is 7.11 Å². The molecule has 4 nitrogen and oxygen atoms in total. The van der Waals surface area contributed by atoms with Crippen molar-refractivity contribution in [3.8, 4) is 0 Å². The second-order valence-corrected chi connectivity index (χ2v) is 6.64. The van der Waals surface area contributed by atoms with Crippen molar-refractivity contribution in [2.24, 2.45) is 10.7 Å². The lowest BCUT2D eigenvalue weighted by molar-refractivity contribution is 0.179. The van der Waals surface area contributed by atoms with Crippen LogP contribution in [-0.2, 0) is 10.2 Å². The lowest BCUT2D eigenvalue weighted by Gasteiger charge is -2.28. The van der Waals surface area contributed by atoms with Crippen molar-refractivity contribution in [1.82, 2.24) is 5.32 Å². The molecule has 1 atom stereocenters. The highest BCUT2D eigenvalue weighted by Crippen LogP contribution is 2.42. The SMILES string of the molecule is COCC(C)NC(N)=NCC1(c2cccc(Cl)c2)CCCC1. The van der Waals surface area contributed by atoms with Gasteiger partial charge in [0.1, 0.15) is 0 Å². The van der Waals surface area contributed by atoms with Gasteiger partial charge in [0.25, 0.3) is 0 Å². The number of hydrogen-bond acceptors (Lipinski definition) is 2. The number of ether oxygens (including phenoxy) is 1. The second kappa shape index (κ2) is 7.84. The Kier molecular flexibility index (Phi) is 6.09. The van der Waals surface area contributed by atoms with Crippen LogP contribution in [0.25, 0.3) is 0 Å². The first-order chi connectivity index (χ1) is 10.6. The summed E-state index contributed by atoms with van der Waals surface area (Å²) in [4.78, 5) is 4.59. The molecular formula is C17H26ClN3O. The van der Waals surface area contributed by atoms with Crippen molar-refractivity contribution in [2.45, 2.75) is 44.1 Å². The third-order valence-corrected chi connectivity index (χ3v) is 4.60. The van der Waals surface area contributed by atoms with E-state index >= 15 is 0 Å². The Hall–Kier alpha value is -1.26. The fourth-order valence-electron chi connectivity index (χ4n) is 3.23. The van der Waals surface area contributed by atoms with E-state index in [2.05, 4.69) is 22.4 Å². The maximum atomic E-state index is 6.16. The van der Waals surface area contributed by atoms with Crippen molar-refractivity contribution in [3.05, 3.63) is 34.9 Å². The van der Waals surface area contributed by atoms with Crippen LogP contribution in [0, 0.1) is 0 Å². The standard InChI is InChI=1S/C17H26ClN3O/c1-13(11-22-2)21-16(19)20-12-17(8-3-4-9-17)14-6-5-7-15(18)10-14/h5-7,10,13H,3-4,8-9,11-12H2,1-2H3,(H3,19,20,21). The zero-order valence-electron chi connectivity index (χ0n) is 13.4. The van der Waals surface area contributed by atoms with Crippen LogP contribution in [0.5, 0.6) is 0 Å². The van der Waals surface area contributed by atoms with Crippen LogP contribution in [0.2, 0.25) is 5.02 Å². The predicted molar refractivity (Wildman–Crippen MR) is 92.6 cm³/mol. The number of rotatable bonds is 6. The highest BCUT2D eigenvalue weighted by atomic mass is 35.5. The minimum Gasteiger partial charge on any atom is -0.383 e. The third-order valence-electron chi connectivity index (χ3n) is 4.36. The second-order valence-electron chi connectivity index (χ2n) is 6.20. The summed E-state index contributed by atoms with van der Waals surface area (Å²) in [6, 6.07) is 8.31. The number of nitrogens with two attached hydrogens (primary N) is 1. The molecule has 0 aromatic heterocycles. The van der Waals surface area contributed by atoms with Crippen molar-refractivity contribution >= 4 is 17.6 Å². The minimum absolute atomic E-state index is 0.0711. The van der Waals surface area contributed by atoms with Gasteiger partial charge in [0.05, 0.1) is 13.2 Å². The monoisotopic (exact) mass is 323 g/mol. The van der Waals surface area contributed by atoms with E-state index in [9.17, 15) is 0 Å². The number of aliphatic imine (C=N–C) groups is 1. The molecule has 0 spiro atoms. The summed E-state index contributed by atoms with van der Waals surface area (Å²) in [5.41, 5.74) is 7.36. The molecule has 5 heteroatoms. The van der Waals surface area contributed by atoms with E-state index in [1.165, 1.54) is 18.4 Å². The molecule has 1 fully saturated rings. The van der Waals surface area contributed by atoms with E-state index < -0.39 is 0 Å². The summed E-state index contributed by atoms with van der Waals surface area (Å²) in [6.45, 7) is 3.33. The Morgan fingerprint density at radius 2 is 2.18 bits per heavy atom. The molecule has 2 rings (SSSR count). The van der Waals surface area contributed by atoms with Gasteiger partial charge in [0.15, 0.2) is 5.96 Å². The van der Waals surface area contributed by atoms with Gasteiger partial charge in [-0.25, -0.2) is 0 Å². The Balaban J connectivity index is 2.09. The zero-order chi connectivity index (χ0) is 16.0. The average Bonchev–Trinajstić information content (AvgIpc) is 2.95. The molecule has 0 aliphatic heterocycles. The molecule has 122 valence electrons. The molecule has 0 bridgehead atoms. The van der Waals surface area contributed by atoms with Crippen LogP contribution in [0.15, 0.2) is 29.3 Å². The van der Waals surface area contributed by atoms with Crippen LogP contribution in [0.3, 0.4) is 0 Å². The molecule has 0 saturated heterocycles. The minimum atomic E-state index is 0.0711. The number of methoxy groups -OCH3 is 1. The maximum absolute atomic E-state index is 6.16. The molecule has 1 unspecified atom stereocenters. The summed E-state index contributed by atoms with van der Waals surface area (Å²) in [5.74, 6) is 0.484. The third kappa shape index (κ3) is 4.37. The lowest BCUT2D eigenvalue weighted by Crippen LogP contribution is -2.41. The molecule has 1 aromatic carbocycles. The Morgan fingerprint density at radius 1 is 1.45 bits per heavy atom. The van der Waals surface area contributed by atoms with Gasteiger partial charge in [-0.15, -0.1) is 0 Å². The number of guanidine groups is 1. The van der Waals surface area contributed by atoms with Crippen LogP contribution < -0.4 is 11.1 Å². The molecule has 3 N–H and O–H groups in total. The Bertz CT molecular complexity index is 512. The zero-order valence-corrected chi connectivity index (χ0v) is 14.2. The molecule has 1 aromatic rings. The van der Waals surface area contributed by atoms with Gasteiger partial charge in [0, 0.05) is 23.6 Å². The lowest BCUT2D eigenvalue weighted by atomic mass is 9.79. The molecule has 1 aliphatic carbocycles. The summed E-state index contributed by atoms with van der Waals surface area (Å²) < 4.78 is 5.10. The van der Waals surface area contributed by atoms with Gasteiger partial charge in [-0.2, -0.15) is 0 Å². The van der Waals surface area contributed by atoms with Crippen molar-refractivity contribution in [2.75, 3.05) is 20.3 Å². The van der Waals surface area contributed by atoms with Crippen molar-refractivity contribution in [3.63, 3.8) is 0 Å². The number of benzene rings is 1. The molecule has 1 aliphatic rings. The van der Waals surface area contributed by atoms with Crippen LogP contribution in [0.4, 0.5) is 0 Å². The van der Waals surface area contributed by atoms with Crippen molar-refractivity contribution in [1.29, 1.82) is 0 Å². The predicted octanol–water partition coefficient (Wildman–Crippen LogP) is 3.09. The largest absolute Gasteiger partial charge is 0.383 e. The van der Waals surface area contributed by atoms with Gasteiger partial charge >= 0.3 is 0 Å². The van der Waals surface area contributed by atoms with Gasteiger partial charge in [-0.1, -0.05) is 36.6 Å². The molecule has 0 heterocycles. The quantitative estimate of drug-likeness (QED) is 0.624. The Morgan fingerprint density at radius 3 is 2.82 bits per heavy atom. The number of nitrogens with one attached hydrogen (secondary N) is 1. The van der Waals surface area contributed by atoms with E-state index in [4.69, 9.17) is 22.1 Å². The highest BCUT2D eigenvalue weighted by Gasteiger charge is 2.35. The van der Waals surface area contributed by atoms with E-state index in [0.717, 1.165) is 17.9 Å². The normalized spacial score (nSPS) is 19.1. The summed E-state index contributed by atoms with van der Waals surface area (Å²) in [6.07, 6.45) is 4.74. The van der Waals surface area contributed by atoms with E-state index in [1.807, 2.05) is 19.1 Å². The molecule has 1 saturated carbocycles. The maximum Gasteiger partial charge on any atom is 0.188 e. The topological polar surface area (TPSA) is 59.6 Å². The fraction of sp³-hybridized carbons (Fsp3) is 0.588. The van der Waals surface area contributed by atoms with Gasteiger partial charge in [0.2, 0.25) is 0 Å². The van der Waals surface area contributed by atoms with Gasteiger partial charge in [-0.3, -0.25) is 4.99 Å². The molecule has 22 heavy (non-hydrogen) atoms. The molecule has 0 amide bonds. The number of hydrogen-bond donors (Lipinski definition) is 2. The summed E-state index contributed by atoms with van der Waals surface area (Å²) >= 11 is 6.16. The Labute approximate surface area is 138 Å². The fourth-order valence-corrected chi connectivity index (χ4v) is 3.42. The number of nitrogens with zero attached hydrogens (tertiary/aromatic N) is 1. The number of halogens is 1. The smallest absolute Gasteiger partial charge is 0.188 e. The molecule has 0 radical (unpaired) electrons. The first-order valence-electron chi connectivity index (χ1n) is 7.87. The summed E-state index contributed by atoms with van der Waals surface area (Å²) in [5, 5.41) is 3.95. The van der Waals surface area contributed by atoms with Gasteiger partial charge < -0.3 is 15.8 Å². The van der Waals surface area contributed by atoms with Crippen LogP contribution in [-0.4, -0.2) is 32.3 Å². The van der Waals surface area contributed by atoms with Gasteiger partial charge in [-0.05, 0) is 37.5 Å². The first-order valence-corrected chi connectivity index (χ1v) is 8.25. The van der Waals surface area contributed by atoms with E-state index in [0.29, 0.717) is 19.1 Å². The first kappa shape index (κ1) is 17.1. The summed E-state index contributed by atoms with van der Waals surface area (Å²) in [7, 11) is 1.68. The van der Waals surface area contributed by atoms with Crippen molar-refractivity contribution < 1.29 is 4.74 Å². The van der Waals surface area contributed by atoms with E-state index in [-0.39, 0.29) is 11.5 Å². The highest BCUT2D eigenvalue weighted by molar-refractivity contribution is 6.30. The average molecular weight is 324 g/mol. The van der Waals surface area contributed by atoms with Crippen LogP contribution >= 0.6 is 11.6 Å². The van der Waals surface area contributed by atoms with Crippen LogP contribution in [0.1, 0.15) is 38.2 Å². The molecular weight excluding hydrogens is 298 g/mol.